The smallest absolute Gasteiger partial charge is 0.229 e. The molecule has 4 aromatic rings. The molecule has 0 radical (unpaired) electrons. The Hall–Kier alpha value is -3.27. The summed E-state index contributed by atoms with van der Waals surface area (Å²) in [4.78, 5) is 11.9. The van der Waals surface area contributed by atoms with E-state index in [2.05, 4.69) is 32.7 Å². The molecule has 0 spiro atoms. The maximum atomic E-state index is 11.7. The van der Waals surface area contributed by atoms with E-state index >= 15 is 0 Å². The summed E-state index contributed by atoms with van der Waals surface area (Å²) < 4.78 is 25.4. The highest BCUT2D eigenvalue weighted by Gasteiger charge is 2.11. The van der Waals surface area contributed by atoms with Crippen molar-refractivity contribution in [1.29, 1.82) is 0 Å². The average Bonchev–Trinajstić information content (AvgIpc) is 3.24. The molecule has 1 saturated heterocycles. The minimum absolute atomic E-state index is 0.292. The second-order valence-corrected chi connectivity index (χ2v) is 10.3. The zero-order valence-corrected chi connectivity index (χ0v) is 19.2. The van der Waals surface area contributed by atoms with Gasteiger partial charge in [-0.25, -0.2) is 13.4 Å². The Morgan fingerprint density at radius 3 is 2.42 bits per heavy atom. The van der Waals surface area contributed by atoms with E-state index in [1.807, 2.05) is 29.0 Å². The van der Waals surface area contributed by atoms with Crippen molar-refractivity contribution < 1.29 is 8.42 Å². The van der Waals surface area contributed by atoms with Crippen molar-refractivity contribution in [2.45, 2.75) is 11.4 Å². The SMILES string of the molecule is CS(=O)(=O)c1ccc(-n2ccc3cnc(Nc4ccc(CN5CCNCC5)cc4)nc32)cc1. The molecular formula is C24H26N6O2S. The summed E-state index contributed by atoms with van der Waals surface area (Å²) in [5.41, 5.74) is 3.79. The minimum atomic E-state index is -3.23. The normalized spacial score (nSPS) is 15.1. The van der Waals surface area contributed by atoms with Crippen molar-refractivity contribution in [2.24, 2.45) is 0 Å². The fraction of sp³-hybridized carbons (Fsp3) is 0.250. The Bertz CT molecular complexity index is 1360. The molecule has 2 aromatic heterocycles. The lowest BCUT2D eigenvalue weighted by Gasteiger charge is -2.27. The van der Waals surface area contributed by atoms with E-state index in [-0.39, 0.29) is 0 Å². The van der Waals surface area contributed by atoms with Crippen LogP contribution in [0.2, 0.25) is 0 Å². The maximum Gasteiger partial charge on any atom is 0.229 e. The molecule has 3 heterocycles. The topological polar surface area (TPSA) is 92.2 Å². The molecular weight excluding hydrogens is 436 g/mol. The van der Waals surface area contributed by atoms with Crippen LogP contribution in [0.4, 0.5) is 11.6 Å². The number of benzene rings is 2. The lowest BCUT2D eigenvalue weighted by molar-refractivity contribution is 0.233. The highest BCUT2D eigenvalue weighted by atomic mass is 32.2. The summed E-state index contributed by atoms with van der Waals surface area (Å²) in [5, 5.41) is 7.57. The van der Waals surface area contributed by atoms with Gasteiger partial charge in [-0.05, 0) is 48.0 Å². The fourth-order valence-corrected chi connectivity index (χ4v) is 4.62. The number of piperazine rings is 1. The number of nitrogens with one attached hydrogen (secondary N) is 2. The molecule has 8 nitrogen and oxygen atoms in total. The van der Waals surface area contributed by atoms with Crippen LogP contribution in [0.1, 0.15) is 5.56 Å². The van der Waals surface area contributed by atoms with Crippen LogP contribution in [0.25, 0.3) is 16.7 Å². The first-order valence-electron chi connectivity index (χ1n) is 10.9. The summed E-state index contributed by atoms with van der Waals surface area (Å²) >= 11 is 0. The highest BCUT2D eigenvalue weighted by molar-refractivity contribution is 7.90. The Morgan fingerprint density at radius 2 is 1.73 bits per heavy atom. The van der Waals surface area contributed by atoms with E-state index < -0.39 is 9.84 Å². The first-order valence-corrected chi connectivity index (χ1v) is 12.8. The number of hydrogen-bond acceptors (Lipinski definition) is 7. The van der Waals surface area contributed by atoms with Gasteiger partial charge in [0, 0.05) is 68.1 Å². The number of rotatable bonds is 6. The first kappa shape index (κ1) is 21.6. The van der Waals surface area contributed by atoms with Crippen LogP contribution in [0.5, 0.6) is 0 Å². The van der Waals surface area contributed by atoms with Crippen molar-refractivity contribution in [3.63, 3.8) is 0 Å². The van der Waals surface area contributed by atoms with Gasteiger partial charge in [-0.1, -0.05) is 12.1 Å². The van der Waals surface area contributed by atoms with Crippen molar-refractivity contribution in [2.75, 3.05) is 37.8 Å². The Kier molecular flexibility index (Phi) is 5.84. The van der Waals surface area contributed by atoms with Crippen LogP contribution in [0.15, 0.2) is 71.9 Å². The van der Waals surface area contributed by atoms with Gasteiger partial charge in [0.25, 0.3) is 0 Å². The molecule has 0 atom stereocenters. The van der Waals surface area contributed by atoms with Crippen LogP contribution in [-0.4, -0.2) is 60.3 Å². The number of nitrogens with zero attached hydrogens (tertiary/aromatic N) is 4. The van der Waals surface area contributed by atoms with Crippen molar-refractivity contribution in [3.05, 3.63) is 72.6 Å². The van der Waals surface area contributed by atoms with E-state index in [0.717, 1.165) is 55.1 Å². The number of hydrogen-bond donors (Lipinski definition) is 2. The quantitative estimate of drug-likeness (QED) is 0.455. The van der Waals surface area contributed by atoms with Gasteiger partial charge in [0.1, 0.15) is 5.65 Å². The van der Waals surface area contributed by atoms with Gasteiger partial charge in [0.2, 0.25) is 5.95 Å². The van der Waals surface area contributed by atoms with Crippen LogP contribution in [0, 0.1) is 0 Å². The molecule has 170 valence electrons. The Balaban J connectivity index is 1.34. The van der Waals surface area contributed by atoms with Gasteiger partial charge < -0.3 is 15.2 Å². The number of sulfone groups is 1. The van der Waals surface area contributed by atoms with E-state index in [1.165, 1.54) is 11.8 Å². The lowest BCUT2D eigenvalue weighted by Crippen LogP contribution is -2.42. The summed E-state index contributed by atoms with van der Waals surface area (Å²) in [6.07, 6.45) is 4.89. The standard InChI is InChI=1S/C24H26N6O2S/c1-33(31,32)22-8-6-21(7-9-22)30-13-10-19-16-26-24(28-23(19)30)27-20-4-2-18(3-5-20)17-29-14-11-25-12-15-29/h2-10,13,16,25H,11-12,14-15,17H2,1H3,(H,26,27,28). The molecule has 1 aliphatic heterocycles. The van der Waals surface area contributed by atoms with Crippen LogP contribution < -0.4 is 10.6 Å². The zero-order chi connectivity index (χ0) is 22.8. The highest BCUT2D eigenvalue weighted by Crippen LogP contribution is 2.22. The minimum Gasteiger partial charge on any atom is -0.324 e. The number of fused-ring (bicyclic) bond motifs is 1. The molecule has 9 heteroatoms. The molecule has 0 aliphatic carbocycles. The monoisotopic (exact) mass is 462 g/mol. The third-order valence-electron chi connectivity index (χ3n) is 5.80. The van der Waals surface area contributed by atoms with Crippen molar-refractivity contribution >= 4 is 32.5 Å². The van der Waals surface area contributed by atoms with E-state index in [1.54, 1.807) is 30.5 Å². The lowest BCUT2D eigenvalue weighted by atomic mass is 10.2. The molecule has 5 rings (SSSR count). The summed E-state index contributed by atoms with van der Waals surface area (Å²) in [6, 6.07) is 17.1. The molecule has 1 aliphatic rings. The van der Waals surface area contributed by atoms with Crippen molar-refractivity contribution in [1.82, 2.24) is 24.8 Å². The van der Waals surface area contributed by atoms with Gasteiger partial charge in [-0.3, -0.25) is 4.90 Å². The van der Waals surface area contributed by atoms with Crippen LogP contribution in [-0.2, 0) is 16.4 Å². The molecule has 0 unspecified atom stereocenters. The molecule has 0 bridgehead atoms. The summed E-state index contributed by atoms with van der Waals surface area (Å²) in [7, 11) is -3.23. The third-order valence-corrected chi connectivity index (χ3v) is 6.92. The van der Waals surface area contributed by atoms with Gasteiger partial charge >= 0.3 is 0 Å². The van der Waals surface area contributed by atoms with Crippen molar-refractivity contribution in [3.8, 4) is 5.69 Å². The van der Waals surface area contributed by atoms with Gasteiger partial charge in [-0.2, -0.15) is 4.98 Å². The summed E-state index contributed by atoms with van der Waals surface area (Å²) in [5.74, 6) is 0.505. The fourth-order valence-electron chi connectivity index (χ4n) is 3.99. The van der Waals surface area contributed by atoms with Gasteiger partial charge in [0.05, 0.1) is 4.90 Å². The summed E-state index contributed by atoms with van der Waals surface area (Å²) in [6.45, 7) is 5.19. The average molecular weight is 463 g/mol. The Labute approximate surface area is 193 Å². The van der Waals surface area contributed by atoms with E-state index in [0.29, 0.717) is 10.8 Å². The van der Waals surface area contributed by atoms with Gasteiger partial charge in [0.15, 0.2) is 9.84 Å². The molecule has 33 heavy (non-hydrogen) atoms. The molecule has 2 aromatic carbocycles. The third kappa shape index (κ3) is 4.90. The van der Waals surface area contributed by atoms with E-state index in [9.17, 15) is 8.42 Å². The number of anilines is 2. The second-order valence-electron chi connectivity index (χ2n) is 8.27. The zero-order valence-electron chi connectivity index (χ0n) is 18.4. The predicted octanol–water partition coefficient (Wildman–Crippen LogP) is 2.97. The van der Waals surface area contributed by atoms with Gasteiger partial charge in [-0.15, -0.1) is 0 Å². The first-order chi connectivity index (χ1) is 16.0. The predicted molar refractivity (Wildman–Crippen MR) is 130 cm³/mol. The molecule has 1 fully saturated rings. The molecule has 0 amide bonds. The second kappa shape index (κ2) is 8.93. The molecule has 2 N–H and O–H groups in total. The largest absolute Gasteiger partial charge is 0.324 e. The van der Waals surface area contributed by atoms with Crippen LogP contribution >= 0.6 is 0 Å². The number of aromatic nitrogens is 3. The maximum absolute atomic E-state index is 11.7. The van der Waals surface area contributed by atoms with Crippen LogP contribution in [0.3, 0.4) is 0 Å². The molecule has 0 saturated carbocycles. The van der Waals surface area contributed by atoms with E-state index in [4.69, 9.17) is 4.98 Å². The Morgan fingerprint density at radius 1 is 1.00 bits per heavy atom.